The van der Waals surface area contributed by atoms with Crippen LogP contribution in [-0.2, 0) is 4.74 Å². The first-order valence-electron chi connectivity index (χ1n) is 6.02. The van der Waals surface area contributed by atoms with Crippen LogP contribution in [0, 0.1) is 11.8 Å². The molecule has 0 aliphatic carbocycles. The summed E-state index contributed by atoms with van der Waals surface area (Å²) < 4.78 is 77.9. The van der Waals surface area contributed by atoms with Gasteiger partial charge in [0.2, 0.25) is 0 Å². The van der Waals surface area contributed by atoms with Gasteiger partial charge in [0.15, 0.2) is 5.92 Å². The predicted molar refractivity (Wildman–Crippen MR) is 58.2 cm³/mol. The van der Waals surface area contributed by atoms with E-state index in [2.05, 4.69) is 4.74 Å². The molecule has 0 aliphatic rings. The van der Waals surface area contributed by atoms with Gasteiger partial charge in [-0.2, -0.15) is 26.3 Å². The van der Waals surface area contributed by atoms with Crippen LogP contribution in [0.15, 0.2) is 0 Å². The van der Waals surface area contributed by atoms with E-state index in [0.717, 1.165) is 12.8 Å². The van der Waals surface area contributed by atoms with Gasteiger partial charge in [-0.3, -0.25) is 0 Å². The summed E-state index contributed by atoms with van der Waals surface area (Å²) in [5.41, 5.74) is 5.40. The molecule has 116 valence electrons. The molecular weight excluding hydrogens is 276 g/mol. The lowest BCUT2D eigenvalue weighted by molar-refractivity contribution is -0.297. The van der Waals surface area contributed by atoms with Gasteiger partial charge in [-0.1, -0.05) is 26.7 Å². The molecule has 0 heterocycles. The van der Waals surface area contributed by atoms with Gasteiger partial charge in [0.25, 0.3) is 0 Å². The summed E-state index contributed by atoms with van der Waals surface area (Å²) in [5, 5.41) is 0. The molecule has 2 nitrogen and oxygen atoms in total. The first-order chi connectivity index (χ1) is 8.52. The number of nitrogens with two attached hydrogens (primary N) is 1. The second kappa shape index (κ2) is 7.33. The van der Waals surface area contributed by atoms with Gasteiger partial charge in [-0.15, -0.1) is 0 Å². The lowest BCUT2D eigenvalue weighted by Gasteiger charge is -2.25. The zero-order valence-electron chi connectivity index (χ0n) is 10.8. The van der Waals surface area contributed by atoms with E-state index in [4.69, 9.17) is 5.73 Å². The first kappa shape index (κ1) is 18.5. The van der Waals surface area contributed by atoms with Crippen LogP contribution < -0.4 is 5.73 Å². The summed E-state index contributed by atoms with van der Waals surface area (Å²) in [5.74, 6) is -3.36. The van der Waals surface area contributed by atoms with Crippen LogP contribution in [0.5, 0.6) is 0 Å². The fourth-order valence-electron chi connectivity index (χ4n) is 1.61. The molecule has 0 unspecified atom stereocenters. The fourth-order valence-corrected chi connectivity index (χ4v) is 1.61. The second-order valence-electron chi connectivity index (χ2n) is 4.43. The molecule has 0 amide bonds. The topological polar surface area (TPSA) is 35.2 Å². The van der Waals surface area contributed by atoms with E-state index in [1.807, 2.05) is 13.8 Å². The standard InChI is InChI=1S/C11H19F6NO/c1-3-7(4-2)5-9(18)19-6-8(10(12,13)14)11(15,16)17/h7-9H,3-6,18H2,1-2H3/t9-/m0/s1. The summed E-state index contributed by atoms with van der Waals surface area (Å²) in [7, 11) is 0. The van der Waals surface area contributed by atoms with Gasteiger partial charge in [0.05, 0.1) is 6.61 Å². The Labute approximate surface area is 108 Å². The quantitative estimate of drug-likeness (QED) is 0.572. The van der Waals surface area contributed by atoms with E-state index >= 15 is 0 Å². The third kappa shape index (κ3) is 7.00. The van der Waals surface area contributed by atoms with E-state index in [1.165, 1.54) is 0 Å². The largest absolute Gasteiger partial charge is 0.402 e. The molecule has 0 radical (unpaired) electrons. The third-order valence-electron chi connectivity index (χ3n) is 2.99. The van der Waals surface area contributed by atoms with E-state index in [0.29, 0.717) is 0 Å². The highest BCUT2D eigenvalue weighted by atomic mass is 19.4. The zero-order chi connectivity index (χ0) is 15.3. The van der Waals surface area contributed by atoms with Crippen LogP contribution in [0.3, 0.4) is 0 Å². The van der Waals surface area contributed by atoms with E-state index in [1.54, 1.807) is 0 Å². The van der Waals surface area contributed by atoms with Crippen molar-refractivity contribution < 1.29 is 31.1 Å². The summed E-state index contributed by atoms with van der Waals surface area (Å²) >= 11 is 0. The summed E-state index contributed by atoms with van der Waals surface area (Å²) in [6, 6.07) is 0. The van der Waals surface area contributed by atoms with Crippen molar-refractivity contribution in [2.24, 2.45) is 17.6 Å². The number of hydrogen-bond acceptors (Lipinski definition) is 2. The summed E-state index contributed by atoms with van der Waals surface area (Å²) in [6.07, 6.45) is -10.1. The van der Waals surface area contributed by atoms with Crippen molar-refractivity contribution in [1.29, 1.82) is 0 Å². The van der Waals surface area contributed by atoms with Gasteiger partial charge in [0.1, 0.15) is 6.23 Å². The van der Waals surface area contributed by atoms with E-state index in [-0.39, 0.29) is 12.3 Å². The average Bonchev–Trinajstić information content (AvgIpc) is 2.22. The average molecular weight is 295 g/mol. The highest BCUT2D eigenvalue weighted by molar-refractivity contribution is 4.75. The SMILES string of the molecule is CCC(CC)C[C@@H](N)OCC(C(F)(F)F)C(F)(F)F. The van der Waals surface area contributed by atoms with Gasteiger partial charge in [-0.25, -0.2) is 0 Å². The molecule has 0 aromatic heterocycles. The molecule has 0 rings (SSSR count). The van der Waals surface area contributed by atoms with Crippen molar-refractivity contribution in [3.63, 3.8) is 0 Å². The van der Waals surface area contributed by atoms with Crippen LogP contribution in [-0.4, -0.2) is 25.2 Å². The smallest absolute Gasteiger partial charge is 0.363 e. The minimum absolute atomic E-state index is 0.130. The Hall–Kier alpha value is -0.500. The van der Waals surface area contributed by atoms with Gasteiger partial charge >= 0.3 is 12.4 Å². The Morgan fingerprint density at radius 2 is 1.37 bits per heavy atom. The normalized spacial score (nSPS) is 15.3. The van der Waals surface area contributed by atoms with Crippen molar-refractivity contribution in [3.05, 3.63) is 0 Å². The van der Waals surface area contributed by atoms with Crippen molar-refractivity contribution in [3.8, 4) is 0 Å². The van der Waals surface area contributed by atoms with E-state index < -0.39 is 31.1 Å². The maximum absolute atomic E-state index is 12.2. The summed E-state index contributed by atoms with van der Waals surface area (Å²) in [4.78, 5) is 0. The molecule has 0 bridgehead atoms. The molecule has 0 aliphatic heterocycles. The van der Waals surface area contributed by atoms with Gasteiger partial charge in [-0.05, 0) is 12.3 Å². The maximum atomic E-state index is 12.2. The first-order valence-corrected chi connectivity index (χ1v) is 6.02. The number of rotatable bonds is 7. The highest BCUT2D eigenvalue weighted by Gasteiger charge is 2.56. The van der Waals surface area contributed by atoms with Crippen LogP contribution in [0.4, 0.5) is 26.3 Å². The third-order valence-corrected chi connectivity index (χ3v) is 2.99. The minimum Gasteiger partial charge on any atom is -0.363 e. The number of ether oxygens (including phenoxy) is 1. The zero-order valence-corrected chi connectivity index (χ0v) is 10.8. The van der Waals surface area contributed by atoms with Gasteiger partial charge < -0.3 is 10.5 Å². The Bertz CT molecular complexity index is 235. The lowest BCUT2D eigenvalue weighted by atomic mass is 9.99. The fraction of sp³-hybridized carbons (Fsp3) is 1.00. The summed E-state index contributed by atoms with van der Waals surface area (Å²) in [6.45, 7) is 2.25. The second-order valence-corrected chi connectivity index (χ2v) is 4.43. The molecule has 19 heavy (non-hydrogen) atoms. The predicted octanol–water partition coefficient (Wildman–Crippen LogP) is 3.85. The van der Waals surface area contributed by atoms with Gasteiger partial charge in [0, 0.05) is 0 Å². The number of halogens is 6. The van der Waals surface area contributed by atoms with Crippen LogP contribution in [0.1, 0.15) is 33.1 Å². The molecule has 0 saturated carbocycles. The lowest BCUT2D eigenvalue weighted by Crippen LogP contribution is -2.42. The number of hydrogen-bond donors (Lipinski definition) is 1. The molecule has 0 aromatic carbocycles. The Kier molecular flexibility index (Phi) is 7.13. The molecule has 0 aromatic rings. The van der Waals surface area contributed by atoms with Crippen molar-refractivity contribution >= 4 is 0 Å². The Morgan fingerprint density at radius 1 is 0.947 bits per heavy atom. The monoisotopic (exact) mass is 295 g/mol. The van der Waals surface area contributed by atoms with E-state index in [9.17, 15) is 26.3 Å². The van der Waals surface area contributed by atoms with Crippen molar-refractivity contribution in [2.75, 3.05) is 6.61 Å². The molecule has 1 atom stereocenters. The Morgan fingerprint density at radius 3 is 1.68 bits per heavy atom. The highest BCUT2D eigenvalue weighted by Crippen LogP contribution is 2.39. The van der Waals surface area contributed by atoms with Crippen LogP contribution >= 0.6 is 0 Å². The van der Waals surface area contributed by atoms with Crippen LogP contribution in [0.25, 0.3) is 0 Å². The molecule has 2 N–H and O–H groups in total. The van der Waals surface area contributed by atoms with Crippen molar-refractivity contribution in [2.45, 2.75) is 51.7 Å². The minimum atomic E-state index is -5.38. The maximum Gasteiger partial charge on any atom is 0.402 e. The molecular formula is C11H19F6NO. The molecule has 0 saturated heterocycles. The molecule has 0 fully saturated rings. The molecule has 0 spiro atoms. The number of alkyl halides is 6. The van der Waals surface area contributed by atoms with Crippen LogP contribution in [0.2, 0.25) is 0 Å². The molecule has 8 heteroatoms. The van der Waals surface area contributed by atoms with Crippen molar-refractivity contribution in [1.82, 2.24) is 0 Å². The Balaban J connectivity index is 4.41.